The van der Waals surface area contributed by atoms with Gasteiger partial charge in [-0.2, -0.15) is 0 Å². The minimum absolute atomic E-state index is 0.231. The standard InChI is InChI=1S/C13H18ClNO2/c14-8-2-1-5-13(16)15(11-6-7-11)10-12-4-3-9-17-12/h3-4,9,11H,1-2,5-8,10H2. The predicted molar refractivity (Wildman–Crippen MR) is 66.9 cm³/mol. The molecule has 17 heavy (non-hydrogen) atoms. The number of nitrogens with zero attached hydrogens (tertiary/aromatic N) is 1. The first-order valence-corrected chi connectivity index (χ1v) is 6.72. The number of alkyl halides is 1. The first kappa shape index (κ1) is 12.5. The summed E-state index contributed by atoms with van der Waals surface area (Å²) in [5.41, 5.74) is 0. The van der Waals surface area contributed by atoms with Gasteiger partial charge in [0, 0.05) is 18.3 Å². The largest absolute Gasteiger partial charge is 0.467 e. The first-order chi connectivity index (χ1) is 8.31. The summed E-state index contributed by atoms with van der Waals surface area (Å²) in [5.74, 6) is 1.73. The fourth-order valence-corrected chi connectivity index (χ4v) is 2.08. The number of carbonyl (C=O) groups excluding carboxylic acids is 1. The quantitative estimate of drug-likeness (QED) is 0.554. The lowest BCUT2D eigenvalue weighted by atomic mass is 10.2. The van der Waals surface area contributed by atoms with Gasteiger partial charge in [0.05, 0.1) is 12.8 Å². The Morgan fingerprint density at radius 2 is 2.29 bits per heavy atom. The molecule has 3 nitrogen and oxygen atoms in total. The summed E-state index contributed by atoms with van der Waals surface area (Å²) in [6.07, 6.45) is 6.29. The van der Waals surface area contributed by atoms with Crippen LogP contribution in [-0.4, -0.2) is 22.7 Å². The van der Waals surface area contributed by atoms with Crippen molar-refractivity contribution in [3.63, 3.8) is 0 Å². The van der Waals surface area contributed by atoms with E-state index in [4.69, 9.17) is 16.0 Å². The van der Waals surface area contributed by atoms with Crippen LogP contribution in [0.4, 0.5) is 0 Å². The van der Waals surface area contributed by atoms with Crippen LogP contribution in [-0.2, 0) is 11.3 Å². The van der Waals surface area contributed by atoms with E-state index in [1.165, 1.54) is 0 Å². The Labute approximate surface area is 107 Å². The number of unbranched alkanes of at least 4 members (excludes halogenated alkanes) is 1. The minimum atomic E-state index is 0.231. The van der Waals surface area contributed by atoms with Crippen molar-refractivity contribution in [1.82, 2.24) is 4.90 Å². The first-order valence-electron chi connectivity index (χ1n) is 6.19. The Bertz CT molecular complexity index is 346. The molecule has 0 N–H and O–H groups in total. The lowest BCUT2D eigenvalue weighted by molar-refractivity contribution is -0.132. The number of rotatable bonds is 7. The summed E-state index contributed by atoms with van der Waals surface area (Å²) >= 11 is 5.61. The van der Waals surface area contributed by atoms with Crippen LogP contribution in [0.3, 0.4) is 0 Å². The highest BCUT2D eigenvalue weighted by Crippen LogP contribution is 2.29. The van der Waals surface area contributed by atoms with E-state index in [0.29, 0.717) is 24.9 Å². The second kappa shape index (κ2) is 6.10. The van der Waals surface area contributed by atoms with Crippen LogP contribution in [0.1, 0.15) is 37.9 Å². The highest BCUT2D eigenvalue weighted by molar-refractivity contribution is 6.17. The summed E-state index contributed by atoms with van der Waals surface area (Å²) < 4.78 is 5.30. The second-order valence-corrected chi connectivity index (χ2v) is 4.86. The van der Waals surface area contributed by atoms with Gasteiger partial charge in [0.25, 0.3) is 0 Å². The number of hydrogen-bond donors (Lipinski definition) is 0. The second-order valence-electron chi connectivity index (χ2n) is 4.48. The van der Waals surface area contributed by atoms with Crippen LogP contribution in [0.25, 0.3) is 0 Å². The number of amides is 1. The summed E-state index contributed by atoms with van der Waals surface area (Å²) in [6.45, 7) is 0.609. The summed E-state index contributed by atoms with van der Waals surface area (Å²) in [6, 6.07) is 4.21. The van der Waals surface area contributed by atoms with Gasteiger partial charge in [-0.1, -0.05) is 0 Å². The molecular weight excluding hydrogens is 238 g/mol. The summed E-state index contributed by atoms with van der Waals surface area (Å²) in [7, 11) is 0. The number of carbonyl (C=O) groups is 1. The molecular formula is C13H18ClNO2. The zero-order valence-corrected chi connectivity index (χ0v) is 10.7. The van der Waals surface area contributed by atoms with Crippen molar-refractivity contribution < 1.29 is 9.21 Å². The molecule has 0 radical (unpaired) electrons. The Morgan fingerprint density at radius 3 is 2.88 bits per heavy atom. The molecule has 1 aliphatic rings. The molecule has 2 rings (SSSR count). The van der Waals surface area contributed by atoms with E-state index in [1.54, 1.807) is 6.26 Å². The van der Waals surface area contributed by atoms with Gasteiger partial charge >= 0.3 is 0 Å². The number of furan rings is 1. The summed E-state index contributed by atoms with van der Waals surface area (Å²) in [4.78, 5) is 14.0. The van der Waals surface area contributed by atoms with Crippen LogP contribution < -0.4 is 0 Å². The van der Waals surface area contributed by atoms with Crippen molar-refractivity contribution in [2.45, 2.75) is 44.7 Å². The van der Waals surface area contributed by atoms with E-state index in [9.17, 15) is 4.79 Å². The Morgan fingerprint density at radius 1 is 1.47 bits per heavy atom. The predicted octanol–water partition coefficient (Wildman–Crippen LogP) is 3.18. The van der Waals surface area contributed by atoms with Gasteiger partial charge in [0.2, 0.25) is 5.91 Å². The van der Waals surface area contributed by atoms with Crippen molar-refractivity contribution in [3.05, 3.63) is 24.2 Å². The Balaban J connectivity index is 1.86. The molecule has 0 unspecified atom stereocenters. The van der Waals surface area contributed by atoms with E-state index in [2.05, 4.69) is 0 Å². The number of hydrogen-bond acceptors (Lipinski definition) is 2. The van der Waals surface area contributed by atoms with E-state index >= 15 is 0 Å². The number of halogens is 1. The van der Waals surface area contributed by atoms with Gasteiger partial charge in [-0.3, -0.25) is 4.79 Å². The van der Waals surface area contributed by atoms with Gasteiger partial charge in [-0.25, -0.2) is 0 Å². The lowest BCUT2D eigenvalue weighted by Crippen LogP contribution is -2.32. The maximum Gasteiger partial charge on any atom is 0.223 e. The molecule has 0 aromatic carbocycles. The zero-order valence-electron chi connectivity index (χ0n) is 9.90. The van der Waals surface area contributed by atoms with Gasteiger partial charge < -0.3 is 9.32 Å². The molecule has 94 valence electrons. The molecule has 1 saturated carbocycles. The van der Waals surface area contributed by atoms with E-state index < -0.39 is 0 Å². The minimum Gasteiger partial charge on any atom is -0.467 e. The molecule has 0 atom stereocenters. The normalized spacial score (nSPS) is 14.9. The Hall–Kier alpha value is -0.960. The van der Waals surface area contributed by atoms with Crippen molar-refractivity contribution in [3.8, 4) is 0 Å². The molecule has 1 fully saturated rings. The van der Waals surface area contributed by atoms with Crippen LogP contribution in [0.5, 0.6) is 0 Å². The molecule has 1 aliphatic carbocycles. The van der Waals surface area contributed by atoms with Crippen LogP contribution in [0, 0.1) is 0 Å². The smallest absolute Gasteiger partial charge is 0.223 e. The van der Waals surface area contributed by atoms with Crippen LogP contribution in [0.15, 0.2) is 22.8 Å². The van der Waals surface area contributed by atoms with Gasteiger partial charge in [-0.15, -0.1) is 11.6 Å². The molecule has 0 bridgehead atoms. The average Bonchev–Trinajstić information content (AvgIpc) is 3.03. The van der Waals surface area contributed by atoms with Crippen molar-refractivity contribution in [2.75, 3.05) is 5.88 Å². The van der Waals surface area contributed by atoms with Gasteiger partial charge in [0.15, 0.2) is 0 Å². The maximum absolute atomic E-state index is 12.1. The Kier molecular flexibility index (Phi) is 4.49. The third-order valence-corrected chi connectivity index (χ3v) is 3.26. The highest BCUT2D eigenvalue weighted by atomic mass is 35.5. The zero-order chi connectivity index (χ0) is 12.1. The van der Waals surface area contributed by atoms with E-state index in [-0.39, 0.29) is 5.91 Å². The topological polar surface area (TPSA) is 33.5 Å². The van der Waals surface area contributed by atoms with Gasteiger partial charge in [-0.05, 0) is 37.8 Å². The molecule has 4 heteroatoms. The molecule has 1 amide bonds. The SMILES string of the molecule is O=C(CCCCCl)N(Cc1ccco1)C1CC1. The van der Waals surface area contributed by atoms with Crippen molar-refractivity contribution >= 4 is 17.5 Å². The summed E-state index contributed by atoms with van der Waals surface area (Å²) in [5, 5.41) is 0. The maximum atomic E-state index is 12.1. The van der Waals surface area contributed by atoms with Crippen LogP contribution >= 0.6 is 11.6 Å². The molecule has 0 spiro atoms. The van der Waals surface area contributed by atoms with Crippen molar-refractivity contribution in [2.24, 2.45) is 0 Å². The molecule has 1 heterocycles. The highest BCUT2D eigenvalue weighted by Gasteiger charge is 2.32. The van der Waals surface area contributed by atoms with Crippen molar-refractivity contribution in [1.29, 1.82) is 0 Å². The van der Waals surface area contributed by atoms with E-state index in [1.807, 2.05) is 17.0 Å². The average molecular weight is 256 g/mol. The lowest BCUT2D eigenvalue weighted by Gasteiger charge is -2.21. The fraction of sp³-hybridized carbons (Fsp3) is 0.615. The molecule has 1 aromatic heterocycles. The van der Waals surface area contributed by atoms with Crippen LogP contribution in [0.2, 0.25) is 0 Å². The molecule has 0 saturated heterocycles. The third kappa shape index (κ3) is 3.77. The third-order valence-electron chi connectivity index (χ3n) is 2.99. The molecule has 1 aromatic rings. The van der Waals surface area contributed by atoms with E-state index in [0.717, 1.165) is 31.4 Å². The monoisotopic (exact) mass is 255 g/mol. The fourth-order valence-electron chi connectivity index (χ4n) is 1.89. The molecule has 0 aliphatic heterocycles. The van der Waals surface area contributed by atoms with Gasteiger partial charge in [0.1, 0.15) is 5.76 Å².